The third kappa shape index (κ3) is 1.95. The standard InChI is InChI=1S/C15H9F2N5/c16-8-3-4-9(11(17)6-8)13-10(7-19-22-13)14-20-12-2-1-5-18-15(12)21-14/h1-7H,(H,19,22)(H,18,20,21). The zero-order valence-electron chi connectivity index (χ0n) is 11.1. The first-order valence-electron chi connectivity index (χ1n) is 6.52. The van der Waals surface area contributed by atoms with Gasteiger partial charge in [0.15, 0.2) is 5.65 Å². The monoisotopic (exact) mass is 297 g/mol. The fourth-order valence-corrected chi connectivity index (χ4v) is 2.34. The van der Waals surface area contributed by atoms with E-state index in [-0.39, 0.29) is 5.56 Å². The molecule has 2 N–H and O–H groups in total. The molecule has 5 nitrogen and oxygen atoms in total. The van der Waals surface area contributed by atoms with Crippen molar-refractivity contribution in [2.75, 3.05) is 0 Å². The van der Waals surface area contributed by atoms with Crippen LogP contribution < -0.4 is 0 Å². The molecule has 3 aromatic heterocycles. The van der Waals surface area contributed by atoms with E-state index >= 15 is 0 Å². The molecule has 0 radical (unpaired) electrons. The molecule has 0 bridgehead atoms. The van der Waals surface area contributed by atoms with Gasteiger partial charge in [-0.15, -0.1) is 0 Å². The molecule has 0 atom stereocenters. The van der Waals surface area contributed by atoms with Gasteiger partial charge in [0.05, 0.1) is 23.0 Å². The van der Waals surface area contributed by atoms with Crippen molar-refractivity contribution in [2.24, 2.45) is 0 Å². The van der Waals surface area contributed by atoms with Crippen molar-refractivity contribution in [2.45, 2.75) is 0 Å². The molecule has 0 saturated carbocycles. The van der Waals surface area contributed by atoms with Crippen molar-refractivity contribution in [1.29, 1.82) is 0 Å². The molecule has 0 fully saturated rings. The zero-order valence-corrected chi connectivity index (χ0v) is 11.1. The fraction of sp³-hybridized carbons (Fsp3) is 0. The second-order valence-corrected chi connectivity index (χ2v) is 4.74. The van der Waals surface area contributed by atoms with Crippen LogP contribution in [0.25, 0.3) is 33.8 Å². The van der Waals surface area contributed by atoms with E-state index in [0.717, 1.165) is 11.6 Å². The Labute approximate surface area is 123 Å². The first kappa shape index (κ1) is 12.6. The minimum Gasteiger partial charge on any atom is -0.336 e. The van der Waals surface area contributed by atoms with E-state index in [1.807, 2.05) is 6.07 Å². The van der Waals surface area contributed by atoms with Gasteiger partial charge in [0.1, 0.15) is 17.5 Å². The molecule has 4 rings (SSSR count). The molecule has 0 aliphatic carbocycles. The van der Waals surface area contributed by atoms with Crippen molar-refractivity contribution in [3.63, 3.8) is 0 Å². The number of hydrogen-bond donors (Lipinski definition) is 2. The summed E-state index contributed by atoms with van der Waals surface area (Å²) in [5, 5.41) is 6.68. The van der Waals surface area contributed by atoms with Gasteiger partial charge >= 0.3 is 0 Å². The van der Waals surface area contributed by atoms with Gasteiger partial charge in [-0.05, 0) is 24.3 Å². The molecule has 1 aromatic carbocycles. The predicted molar refractivity (Wildman–Crippen MR) is 76.8 cm³/mol. The molecule has 0 saturated heterocycles. The molecule has 7 heteroatoms. The number of H-pyrrole nitrogens is 2. The number of nitrogens with one attached hydrogen (secondary N) is 2. The highest BCUT2D eigenvalue weighted by molar-refractivity contribution is 5.82. The second-order valence-electron chi connectivity index (χ2n) is 4.74. The number of fused-ring (bicyclic) bond motifs is 1. The van der Waals surface area contributed by atoms with E-state index in [4.69, 9.17) is 0 Å². The van der Waals surface area contributed by atoms with Gasteiger partial charge < -0.3 is 4.98 Å². The third-order valence-corrected chi connectivity index (χ3v) is 3.35. The minimum atomic E-state index is -0.667. The lowest BCUT2D eigenvalue weighted by molar-refractivity contribution is 0.585. The highest BCUT2D eigenvalue weighted by Crippen LogP contribution is 2.31. The van der Waals surface area contributed by atoms with E-state index in [2.05, 4.69) is 25.1 Å². The van der Waals surface area contributed by atoms with Crippen molar-refractivity contribution in [1.82, 2.24) is 25.1 Å². The van der Waals surface area contributed by atoms with Gasteiger partial charge in [0.2, 0.25) is 0 Å². The molecule has 3 heterocycles. The first-order chi connectivity index (χ1) is 10.7. The SMILES string of the molecule is Fc1ccc(-c2[nH]ncc2-c2nc3ncccc3[nH]2)c(F)c1. The Hall–Kier alpha value is -3.09. The lowest BCUT2D eigenvalue weighted by Gasteiger charge is -2.03. The molecule has 0 spiro atoms. The summed E-state index contributed by atoms with van der Waals surface area (Å²) in [4.78, 5) is 11.6. The smallest absolute Gasteiger partial charge is 0.178 e. The van der Waals surface area contributed by atoms with Crippen LogP contribution in [-0.2, 0) is 0 Å². The number of nitrogens with zero attached hydrogens (tertiary/aromatic N) is 3. The van der Waals surface area contributed by atoms with Gasteiger partial charge in [0.25, 0.3) is 0 Å². The molecule has 4 aromatic rings. The molecular weight excluding hydrogens is 288 g/mol. The largest absolute Gasteiger partial charge is 0.336 e. The number of rotatable bonds is 2. The van der Waals surface area contributed by atoms with Crippen LogP contribution in [0.2, 0.25) is 0 Å². The van der Waals surface area contributed by atoms with Gasteiger partial charge in [-0.25, -0.2) is 18.7 Å². The van der Waals surface area contributed by atoms with E-state index in [1.54, 1.807) is 12.3 Å². The molecular formula is C15H9F2N5. The summed E-state index contributed by atoms with van der Waals surface area (Å²) in [5.74, 6) is -0.781. The van der Waals surface area contributed by atoms with Crippen molar-refractivity contribution < 1.29 is 8.78 Å². The van der Waals surface area contributed by atoms with Crippen LogP contribution in [0.15, 0.2) is 42.7 Å². The average molecular weight is 297 g/mol. The minimum absolute atomic E-state index is 0.224. The quantitative estimate of drug-likeness (QED) is 0.596. The summed E-state index contributed by atoms with van der Waals surface area (Å²) >= 11 is 0. The van der Waals surface area contributed by atoms with Crippen LogP contribution in [0.5, 0.6) is 0 Å². The molecule has 0 unspecified atom stereocenters. The number of hydrogen-bond acceptors (Lipinski definition) is 3. The number of aromatic amines is 2. The van der Waals surface area contributed by atoms with E-state index in [9.17, 15) is 8.78 Å². The molecule has 22 heavy (non-hydrogen) atoms. The van der Waals surface area contributed by atoms with E-state index in [1.165, 1.54) is 18.3 Å². The topological polar surface area (TPSA) is 70.2 Å². The average Bonchev–Trinajstić information content (AvgIpc) is 3.13. The second kappa shape index (κ2) is 4.73. The highest BCUT2D eigenvalue weighted by Gasteiger charge is 2.17. The summed E-state index contributed by atoms with van der Waals surface area (Å²) in [6.45, 7) is 0. The fourth-order valence-electron chi connectivity index (χ4n) is 2.34. The van der Waals surface area contributed by atoms with Crippen LogP contribution in [0, 0.1) is 11.6 Å². The number of pyridine rings is 1. The van der Waals surface area contributed by atoms with Gasteiger partial charge in [-0.2, -0.15) is 5.10 Å². The van der Waals surface area contributed by atoms with Gasteiger partial charge in [0, 0.05) is 17.8 Å². The zero-order chi connectivity index (χ0) is 15.1. The summed E-state index contributed by atoms with van der Waals surface area (Å²) in [7, 11) is 0. The Bertz CT molecular complexity index is 940. The summed E-state index contributed by atoms with van der Waals surface area (Å²) in [5.41, 5.74) is 2.57. The predicted octanol–water partition coefficient (Wildman–Crippen LogP) is 3.29. The summed E-state index contributed by atoms with van der Waals surface area (Å²) < 4.78 is 27.0. The Morgan fingerprint density at radius 2 is 1.95 bits per heavy atom. The maximum Gasteiger partial charge on any atom is 0.178 e. The Balaban J connectivity index is 1.89. The normalized spacial score (nSPS) is 11.2. The van der Waals surface area contributed by atoms with Gasteiger partial charge in [-0.1, -0.05) is 0 Å². The van der Waals surface area contributed by atoms with Crippen LogP contribution in [0.3, 0.4) is 0 Å². The van der Waals surface area contributed by atoms with Crippen LogP contribution in [-0.4, -0.2) is 25.1 Å². The number of benzene rings is 1. The number of imidazole rings is 1. The van der Waals surface area contributed by atoms with E-state index in [0.29, 0.717) is 22.7 Å². The maximum atomic E-state index is 14.0. The van der Waals surface area contributed by atoms with Crippen molar-refractivity contribution in [3.05, 3.63) is 54.4 Å². The van der Waals surface area contributed by atoms with Crippen molar-refractivity contribution >= 4 is 11.2 Å². The molecule has 108 valence electrons. The lowest BCUT2D eigenvalue weighted by Crippen LogP contribution is -1.89. The first-order valence-corrected chi connectivity index (χ1v) is 6.52. The van der Waals surface area contributed by atoms with Crippen LogP contribution in [0.4, 0.5) is 8.78 Å². The van der Waals surface area contributed by atoms with Crippen LogP contribution in [0.1, 0.15) is 0 Å². The molecule has 0 amide bonds. The highest BCUT2D eigenvalue weighted by atomic mass is 19.1. The Morgan fingerprint density at radius 1 is 1.05 bits per heavy atom. The van der Waals surface area contributed by atoms with Gasteiger partial charge in [-0.3, -0.25) is 5.10 Å². The van der Waals surface area contributed by atoms with Crippen LogP contribution >= 0.6 is 0 Å². The van der Waals surface area contributed by atoms with Crippen molar-refractivity contribution in [3.8, 4) is 22.6 Å². The molecule has 0 aliphatic rings. The summed E-state index contributed by atoms with van der Waals surface area (Å²) in [6, 6.07) is 7.03. The third-order valence-electron chi connectivity index (χ3n) is 3.35. The Morgan fingerprint density at radius 3 is 2.77 bits per heavy atom. The lowest BCUT2D eigenvalue weighted by atomic mass is 10.1. The Kier molecular flexibility index (Phi) is 2.72. The molecule has 0 aliphatic heterocycles. The summed E-state index contributed by atoms with van der Waals surface area (Å²) in [6.07, 6.45) is 3.18. The number of halogens is 2. The number of aromatic nitrogens is 5. The van der Waals surface area contributed by atoms with E-state index < -0.39 is 11.6 Å². The maximum absolute atomic E-state index is 14.0.